The van der Waals surface area contributed by atoms with Crippen LogP contribution in [0.25, 0.3) is 44.1 Å². The van der Waals surface area contributed by atoms with Crippen molar-refractivity contribution in [3.8, 4) is 11.3 Å². The summed E-state index contributed by atoms with van der Waals surface area (Å²) in [5, 5.41) is 3.65. The van der Waals surface area contributed by atoms with E-state index in [1.165, 1.54) is 17.3 Å². The quantitative estimate of drug-likeness (QED) is 0.219. The maximum absolute atomic E-state index is 15.3. The zero-order valence-corrected chi connectivity index (χ0v) is 20.2. The maximum Gasteiger partial charge on any atom is 0.219 e. The zero-order chi connectivity index (χ0) is 22.9. The third kappa shape index (κ3) is 3.06. The molecule has 0 aliphatic carbocycles. The molecule has 2 aromatic heterocycles. The molecule has 0 spiro atoms. The van der Waals surface area contributed by atoms with Gasteiger partial charge in [-0.3, -0.25) is 0 Å². The fourth-order valence-electron chi connectivity index (χ4n) is 4.56. The molecule has 162 valence electrons. The van der Waals surface area contributed by atoms with Gasteiger partial charge in [0.05, 0.1) is 19.0 Å². The van der Waals surface area contributed by atoms with Crippen LogP contribution >= 0.6 is 0 Å². The molecule has 0 saturated carbocycles. The first kappa shape index (κ1) is 20.8. The highest BCUT2D eigenvalue weighted by Gasteiger charge is 2.27. The minimum absolute atomic E-state index is 0.258. The van der Waals surface area contributed by atoms with Crippen molar-refractivity contribution in [3.05, 3.63) is 71.3 Å². The Kier molecular flexibility index (Phi) is 4.54. The monoisotopic (exact) mass is 446 g/mol. The van der Waals surface area contributed by atoms with Crippen molar-refractivity contribution < 1.29 is 17.8 Å². The van der Waals surface area contributed by atoms with Gasteiger partial charge in [-0.15, -0.1) is 0 Å². The van der Waals surface area contributed by atoms with E-state index in [9.17, 15) is 4.39 Å². The van der Waals surface area contributed by atoms with Gasteiger partial charge in [-0.2, -0.15) is 4.57 Å². The number of halogens is 2. The van der Waals surface area contributed by atoms with Gasteiger partial charge < -0.3 is 4.42 Å². The average Bonchev–Trinajstić information content (AvgIpc) is 3.07. The lowest BCUT2D eigenvalue weighted by Crippen LogP contribution is -2.40. The van der Waals surface area contributed by atoms with Gasteiger partial charge in [-0.1, -0.05) is 30.9 Å². The van der Waals surface area contributed by atoms with Gasteiger partial charge >= 0.3 is 0 Å². The number of aryl methyl sites for hydroxylation is 2. The predicted molar refractivity (Wildman–Crippen MR) is 130 cm³/mol. The molecule has 5 rings (SSSR count). The summed E-state index contributed by atoms with van der Waals surface area (Å²) < 4.78 is 37.4. The van der Waals surface area contributed by atoms with Crippen LogP contribution in [0.3, 0.4) is 0 Å². The number of fused-ring (bicyclic) bond motifs is 4. The van der Waals surface area contributed by atoms with E-state index >= 15 is 4.39 Å². The van der Waals surface area contributed by atoms with Crippen LogP contribution in [0.15, 0.2) is 52.9 Å². The molecule has 0 saturated heterocycles. The fourth-order valence-corrected chi connectivity index (χ4v) is 5.71. The summed E-state index contributed by atoms with van der Waals surface area (Å²) >= 11 is 0. The van der Waals surface area contributed by atoms with Crippen molar-refractivity contribution in [2.75, 3.05) is 0 Å². The first-order chi connectivity index (χ1) is 15.1. The molecule has 0 radical (unpaired) electrons. The molecule has 0 bridgehead atoms. The van der Waals surface area contributed by atoms with Gasteiger partial charge in [0.1, 0.15) is 29.8 Å². The fraction of sp³-hybridized carbons (Fsp3) is 0.222. The number of furan rings is 1. The van der Waals surface area contributed by atoms with E-state index in [1.54, 1.807) is 12.1 Å². The molecule has 5 aromatic rings. The van der Waals surface area contributed by atoms with Crippen molar-refractivity contribution in [2.24, 2.45) is 7.05 Å². The molecule has 0 unspecified atom stereocenters. The topological polar surface area (TPSA) is 17.0 Å². The predicted octanol–water partition coefficient (Wildman–Crippen LogP) is 6.67. The van der Waals surface area contributed by atoms with Gasteiger partial charge in [-0.25, -0.2) is 8.78 Å². The second-order valence-corrected chi connectivity index (χ2v) is 14.8. The molecule has 0 aliphatic heterocycles. The van der Waals surface area contributed by atoms with Crippen LogP contribution in [0.5, 0.6) is 0 Å². The third-order valence-corrected chi connectivity index (χ3v) is 8.65. The van der Waals surface area contributed by atoms with Crippen LogP contribution in [-0.4, -0.2) is 8.07 Å². The minimum atomic E-state index is -1.57. The summed E-state index contributed by atoms with van der Waals surface area (Å²) in [6.45, 7) is 10.9. The second-order valence-electron chi connectivity index (χ2n) is 9.73. The number of aromatic nitrogens is 1. The van der Waals surface area contributed by atoms with Crippen LogP contribution in [0.4, 0.5) is 8.78 Å². The van der Waals surface area contributed by atoms with Gasteiger partial charge in [-0.05, 0) is 49.2 Å². The number of benzene rings is 3. The Morgan fingerprint density at radius 2 is 1.56 bits per heavy atom. The normalized spacial score (nSPS) is 12.4. The highest BCUT2D eigenvalue weighted by molar-refractivity contribution is 6.88. The Morgan fingerprint density at radius 3 is 2.28 bits per heavy atom. The van der Waals surface area contributed by atoms with Gasteiger partial charge in [0.15, 0.2) is 0 Å². The third-order valence-electron chi connectivity index (χ3n) is 6.61. The highest BCUT2D eigenvalue weighted by atomic mass is 28.3. The summed E-state index contributed by atoms with van der Waals surface area (Å²) in [5.41, 5.74) is 5.70. The van der Waals surface area contributed by atoms with Crippen LogP contribution in [0, 0.1) is 25.5 Å². The van der Waals surface area contributed by atoms with Crippen LogP contribution < -0.4 is 9.75 Å². The molecule has 0 amide bonds. The number of nitrogens with zero attached hydrogens (tertiary/aromatic N) is 1. The molecule has 0 N–H and O–H groups in total. The van der Waals surface area contributed by atoms with E-state index in [-0.39, 0.29) is 11.6 Å². The van der Waals surface area contributed by atoms with Crippen LogP contribution in [-0.2, 0) is 7.05 Å². The molecule has 5 heteroatoms. The Balaban J connectivity index is 1.91. The van der Waals surface area contributed by atoms with E-state index in [2.05, 4.69) is 42.4 Å². The van der Waals surface area contributed by atoms with Crippen molar-refractivity contribution in [1.82, 2.24) is 0 Å². The van der Waals surface area contributed by atoms with Gasteiger partial charge in [0.25, 0.3) is 0 Å². The van der Waals surface area contributed by atoms with Crippen molar-refractivity contribution in [1.29, 1.82) is 0 Å². The first-order valence-corrected chi connectivity index (χ1v) is 14.3. The molecule has 3 aromatic carbocycles. The maximum atomic E-state index is 15.3. The molecule has 0 aliphatic rings. The van der Waals surface area contributed by atoms with Crippen molar-refractivity contribution >= 4 is 46.1 Å². The smallest absolute Gasteiger partial charge is 0.219 e. The Hall–Kier alpha value is -3.05. The molecule has 0 atom stereocenters. The van der Waals surface area contributed by atoms with E-state index in [4.69, 9.17) is 4.42 Å². The largest absolute Gasteiger partial charge is 0.455 e. The van der Waals surface area contributed by atoms with Crippen molar-refractivity contribution in [3.63, 3.8) is 0 Å². The van der Waals surface area contributed by atoms with Crippen molar-refractivity contribution in [2.45, 2.75) is 33.5 Å². The zero-order valence-electron chi connectivity index (χ0n) is 19.2. The summed E-state index contributed by atoms with van der Waals surface area (Å²) in [5.74, 6) is -0.598. The lowest BCUT2D eigenvalue weighted by molar-refractivity contribution is -0.633. The van der Waals surface area contributed by atoms with Crippen LogP contribution in [0.1, 0.15) is 11.1 Å². The number of rotatable bonds is 2. The summed E-state index contributed by atoms with van der Waals surface area (Å²) in [7, 11) is 0.405. The second kappa shape index (κ2) is 6.97. The Labute approximate surface area is 187 Å². The van der Waals surface area contributed by atoms with Crippen LogP contribution in [0.2, 0.25) is 19.6 Å². The molecule has 2 nitrogen and oxygen atoms in total. The Morgan fingerprint density at radius 1 is 0.844 bits per heavy atom. The lowest BCUT2D eigenvalue weighted by Gasteiger charge is -2.17. The van der Waals surface area contributed by atoms with Gasteiger partial charge in [0.2, 0.25) is 11.2 Å². The first-order valence-electron chi connectivity index (χ1n) is 10.8. The molecular formula is C27H26F2NOSi+. The highest BCUT2D eigenvalue weighted by Crippen LogP contribution is 2.39. The Bertz CT molecular complexity index is 1560. The summed E-state index contributed by atoms with van der Waals surface area (Å²) in [6.07, 6.45) is 0. The minimum Gasteiger partial charge on any atom is -0.455 e. The number of pyridine rings is 1. The SMILES string of the molecule is Cc1cc2c(oc3cc(F)ccc32)c(-c2cc(F)c3ccc([Si](C)(C)C)cc3[n+]2C)c1C. The van der Waals surface area contributed by atoms with E-state index in [1.807, 2.05) is 27.0 Å². The van der Waals surface area contributed by atoms with Gasteiger partial charge in [0, 0.05) is 29.0 Å². The molecule has 32 heavy (non-hydrogen) atoms. The summed E-state index contributed by atoms with van der Waals surface area (Å²) in [6, 6.07) is 14.3. The van der Waals surface area contributed by atoms with E-state index in [0.717, 1.165) is 38.7 Å². The summed E-state index contributed by atoms with van der Waals surface area (Å²) in [4.78, 5) is 0. The lowest BCUT2D eigenvalue weighted by atomic mass is 9.96. The molecular weight excluding hydrogens is 420 g/mol. The number of hydrogen-bond acceptors (Lipinski definition) is 1. The van der Waals surface area contributed by atoms with E-state index < -0.39 is 8.07 Å². The molecule has 2 heterocycles. The standard InChI is InChI=1S/C27H26F2NOSi/c1-15-11-21-19-9-7-17(28)12-25(19)31-27(21)26(16(15)2)24-14-22(29)20-10-8-18(32(4,5)6)13-23(20)30(24)3/h7-14H,1-6H3/q+1. The van der Waals surface area contributed by atoms with E-state index in [0.29, 0.717) is 16.6 Å². The average molecular weight is 447 g/mol. The molecule has 0 fully saturated rings. The number of hydrogen-bond donors (Lipinski definition) is 0.